The van der Waals surface area contributed by atoms with E-state index in [1.54, 1.807) is 19.1 Å². The van der Waals surface area contributed by atoms with Crippen LogP contribution in [0, 0.1) is 0 Å². The summed E-state index contributed by atoms with van der Waals surface area (Å²) in [5, 5.41) is 11.6. The molecule has 3 rings (SSSR count). The van der Waals surface area contributed by atoms with Crippen molar-refractivity contribution in [3.05, 3.63) is 40.9 Å². The van der Waals surface area contributed by atoms with Gasteiger partial charge >= 0.3 is 0 Å². The smallest absolute Gasteiger partial charge is 0.257 e. The summed E-state index contributed by atoms with van der Waals surface area (Å²) in [6, 6.07) is 8.82. The van der Waals surface area contributed by atoms with Crippen LogP contribution >= 0.6 is 11.3 Å². The minimum absolute atomic E-state index is 0.136. The van der Waals surface area contributed by atoms with E-state index in [1.165, 1.54) is 11.3 Å². The molecule has 132 valence electrons. The Kier molecular flexibility index (Phi) is 5.37. The van der Waals surface area contributed by atoms with Gasteiger partial charge in [0.05, 0.1) is 6.04 Å². The average molecular weight is 362 g/mol. The molecule has 0 spiro atoms. The molecule has 8 nitrogen and oxygen atoms in total. The fourth-order valence-electron chi connectivity index (χ4n) is 2.64. The SMILES string of the molecule is COCc1nnc(NC(=O)C2OCC(=O)N(C)C2c2ccccc2)s1. The van der Waals surface area contributed by atoms with Crippen LogP contribution in [0.1, 0.15) is 16.6 Å². The molecular formula is C16H18N4O4S. The largest absolute Gasteiger partial charge is 0.377 e. The maximum absolute atomic E-state index is 12.7. The second-order valence-electron chi connectivity index (χ2n) is 5.51. The van der Waals surface area contributed by atoms with Gasteiger partial charge in [-0.3, -0.25) is 14.9 Å². The second-order valence-corrected chi connectivity index (χ2v) is 6.58. The van der Waals surface area contributed by atoms with Gasteiger partial charge in [0.2, 0.25) is 11.0 Å². The van der Waals surface area contributed by atoms with Gasteiger partial charge in [-0.2, -0.15) is 0 Å². The third-order valence-corrected chi connectivity index (χ3v) is 4.66. The van der Waals surface area contributed by atoms with Gasteiger partial charge in [0.1, 0.15) is 18.2 Å². The van der Waals surface area contributed by atoms with Crippen LogP contribution in [-0.2, 0) is 25.7 Å². The number of methoxy groups -OCH3 is 1. The van der Waals surface area contributed by atoms with Gasteiger partial charge in [0, 0.05) is 14.2 Å². The first-order chi connectivity index (χ1) is 12.1. The summed E-state index contributed by atoms with van der Waals surface area (Å²) in [5.74, 6) is -0.537. The number of carbonyl (C=O) groups is 2. The average Bonchev–Trinajstić information content (AvgIpc) is 3.05. The highest BCUT2D eigenvalue weighted by Gasteiger charge is 2.40. The van der Waals surface area contributed by atoms with Crippen molar-refractivity contribution in [2.24, 2.45) is 0 Å². The molecule has 2 amide bonds. The first-order valence-electron chi connectivity index (χ1n) is 7.64. The van der Waals surface area contributed by atoms with Crippen molar-refractivity contribution in [2.75, 3.05) is 26.1 Å². The Hall–Kier alpha value is -2.36. The molecule has 1 aliphatic heterocycles. The third kappa shape index (κ3) is 3.84. The molecule has 1 aromatic carbocycles. The molecule has 9 heteroatoms. The van der Waals surface area contributed by atoms with E-state index in [-0.39, 0.29) is 18.4 Å². The highest BCUT2D eigenvalue weighted by Crippen LogP contribution is 2.30. The molecule has 0 bridgehead atoms. The van der Waals surface area contributed by atoms with Crippen LogP contribution in [0.4, 0.5) is 5.13 Å². The van der Waals surface area contributed by atoms with Crippen LogP contribution in [0.3, 0.4) is 0 Å². The lowest BCUT2D eigenvalue weighted by atomic mass is 9.98. The number of rotatable bonds is 5. The van der Waals surface area contributed by atoms with E-state index < -0.39 is 12.1 Å². The Morgan fingerprint density at radius 2 is 2.16 bits per heavy atom. The van der Waals surface area contributed by atoms with Crippen LogP contribution in [0.5, 0.6) is 0 Å². The normalized spacial score (nSPS) is 20.6. The minimum Gasteiger partial charge on any atom is -0.377 e. The quantitative estimate of drug-likeness (QED) is 0.860. The Balaban J connectivity index is 1.79. The number of nitrogens with one attached hydrogen (secondary N) is 1. The van der Waals surface area contributed by atoms with Gasteiger partial charge in [0.25, 0.3) is 5.91 Å². The molecule has 2 aromatic rings. The Bertz CT molecular complexity index is 752. The van der Waals surface area contributed by atoms with Crippen molar-refractivity contribution in [1.29, 1.82) is 0 Å². The monoisotopic (exact) mass is 362 g/mol. The lowest BCUT2D eigenvalue weighted by Gasteiger charge is -2.38. The molecular weight excluding hydrogens is 344 g/mol. The standard InChI is InChI=1S/C16H18N4O4S/c1-20-12(21)9-24-14(13(20)10-6-4-3-5-7-10)15(22)17-16-19-18-11(25-16)8-23-2/h3-7,13-14H,8-9H2,1-2H3,(H,17,19,22). The summed E-state index contributed by atoms with van der Waals surface area (Å²) in [6.07, 6.45) is -0.833. The lowest BCUT2D eigenvalue weighted by molar-refractivity contribution is -0.160. The lowest BCUT2D eigenvalue weighted by Crippen LogP contribution is -2.51. The Morgan fingerprint density at radius 3 is 2.88 bits per heavy atom. The molecule has 25 heavy (non-hydrogen) atoms. The van der Waals surface area contributed by atoms with Crippen LogP contribution in [0.2, 0.25) is 0 Å². The van der Waals surface area contributed by atoms with Crippen molar-refractivity contribution in [1.82, 2.24) is 15.1 Å². The number of ether oxygens (including phenoxy) is 2. The first-order valence-corrected chi connectivity index (χ1v) is 8.46. The Labute approximate surface area is 148 Å². The maximum atomic E-state index is 12.7. The summed E-state index contributed by atoms with van der Waals surface area (Å²) in [4.78, 5) is 26.3. The van der Waals surface area contributed by atoms with Gasteiger partial charge in [0.15, 0.2) is 6.10 Å². The van der Waals surface area contributed by atoms with Gasteiger partial charge in [-0.25, -0.2) is 0 Å². The van der Waals surface area contributed by atoms with E-state index in [0.29, 0.717) is 16.7 Å². The van der Waals surface area contributed by atoms with Crippen LogP contribution in [-0.4, -0.2) is 53.8 Å². The molecule has 1 fully saturated rings. The highest BCUT2D eigenvalue weighted by atomic mass is 32.1. The number of aromatic nitrogens is 2. The molecule has 1 saturated heterocycles. The number of likely N-dealkylation sites (N-methyl/N-ethyl adjacent to an activating group) is 1. The third-order valence-electron chi connectivity index (χ3n) is 3.85. The van der Waals surface area contributed by atoms with Crippen molar-refractivity contribution < 1.29 is 19.1 Å². The molecule has 2 atom stereocenters. The molecule has 0 radical (unpaired) electrons. The van der Waals surface area contributed by atoms with E-state index in [2.05, 4.69) is 15.5 Å². The molecule has 1 N–H and O–H groups in total. The van der Waals surface area contributed by atoms with Gasteiger partial charge in [-0.05, 0) is 5.56 Å². The molecule has 1 aromatic heterocycles. The van der Waals surface area contributed by atoms with Crippen LogP contribution in [0.25, 0.3) is 0 Å². The fraction of sp³-hybridized carbons (Fsp3) is 0.375. The second kappa shape index (κ2) is 7.68. The molecule has 0 saturated carbocycles. The van der Waals surface area contributed by atoms with E-state index >= 15 is 0 Å². The number of hydrogen-bond donors (Lipinski definition) is 1. The van der Waals surface area contributed by atoms with E-state index in [1.807, 2.05) is 30.3 Å². The zero-order chi connectivity index (χ0) is 17.8. The fourth-order valence-corrected chi connectivity index (χ4v) is 3.36. The van der Waals surface area contributed by atoms with Gasteiger partial charge in [-0.15, -0.1) is 10.2 Å². The van der Waals surface area contributed by atoms with Crippen molar-refractivity contribution in [2.45, 2.75) is 18.8 Å². The van der Waals surface area contributed by atoms with E-state index in [0.717, 1.165) is 5.56 Å². The summed E-state index contributed by atoms with van der Waals surface area (Å²) in [5.41, 5.74) is 0.829. The predicted molar refractivity (Wildman–Crippen MR) is 90.9 cm³/mol. The van der Waals surface area contributed by atoms with Gasteiger partial charge in [-0.1, -0.05) is 41.7 Å². The maximum Gasteiger partial charge on any atom is 0.257 e. The Morgan fingerprint density at radius 1 is 1.40 bits per heavy atom. The molecule has 2 unspecified atom stereocenters. The van der Waals surface area contributed by atoms with Crippen molar-refractivity contribution in [3.8, 4) is 0 Å². The number of amides is 2. The number of nitrogens with zero attached hydrogens (tertiary/aromatic N) is 3. The van der Waals surface area contributed by atoms with Gasteiger partial charge < -0.3 is 14.4 Å². The predicted octanol–water partition coefficient (Wildman–Crippen LogP) is 1.22. The zero-order valence-electron chi connectivity index (χ0n) is 13.8. The van der Waals surface area contributed by atoms with Crippen LogP contribution in [0.15, 0.2) is 30.3 Å². The number of carbonyl (C=O) groups excluding carboxylic acids is 2. The van der Waals surface area contributed by atoms with Crippen molar-refractivity contribution in [3.63, 3.8) is 0 Å². The van der Waals surface area contributed by atoms with Crippen molar-refractivity contribution >= 4 is 28.3 Å². The summed E-state index contributed by atoms with van der Waals surface area (Å²) in [6.45, 7) is 0.195. The topological polar surface area (TPSA) is 93.7 Å². The number of benzene rings is 1. The van der Waals surface area contributed by atoms with E-state index in [4.69, 9.17) is 9.47 Å². The number of anilines is 1. The number of hydrogen-bond acceptors (Lipinski definition) is 7. The van der Waals surface area contributed by atoms with Crippen LogP contribution < -0.4 is 5.32 Å². The number of morpholine rings is 1. The zero-order valence-corrected chi connectivity index (χ0v) is 14.7. The van der Waals surface area contributed by atoms with E-state index in [9.17, 15) is 9.59 Å². The highest BCUT2D eigenvalue weighted by molar-refractivity contribution is 7.15. The molecule has 1 aliphatic rings. The molecule has 0 aliphatic carbocycles. The summed E-state index contributed by atoms with van der Waals surface area (Å²) >= 11 is 1.23. The summed E-state index contributed by atoms with van der Waals surface area (Å²) < 4.78 is 10.5. The molecule has 2 heterocycles. The first kappa shape index (κ1) is 17.5. The summed E-state index contributed by atoms with van der Waals surface area (Å²) in [7, 11) is 3.23. The minimum atomic E-state index is -0.833.